The van der Waals surface area contributed by atoms with Gasteiger partial charge in [0.25, 0.3) is 5.91 Å². The van der Waals surface area contributed by atoms with Crippen LogP contribution >= 0.6 is 0 Å². The largest absolute Gasteiger partial charge is 0.453 e. The van der Waals surface area contributed by atoms with Crippen molar-refractivity contribution in [1.82, 2.24) is 5.32 Å². The van der Waals surface area contributed by atoms with Gasteiger partial charge in [-0.3, -0.25) is 4.79 Å². The molecule has 2 amide bonds. The van der Waals surface area contributed by atoms with Crippen LogP contribution in [0.5, 0.6) is 0 Å². The number of alkyl carbamates (subject to hydrolysis) is 1. The molecule has 5 heteroatoms. The standard InChI is InChI=1S/C25H28N2O3/c1-16-7-9-17(10-8-16)22-5-3-4-6-23(22)24(28)26-20-12-11-18-13-21(15-19(18)14-20)27-25(29)30-2/h7-12,14,21H,3-6,13,15H2,1-2H3,(H,26,28)(H,27,29). The summed E-state index contributed by atoms with van der Waals surface area (Å²) in [6.45, 7) is 2.08. The molecule has 0 bridgehead atoms. The maximum absolute atomic E-state index is 13.1. The number of allylic oxidation sites excluding steroid dienone is 1. The van der Waals surface area contributed by atoms with E-state index in [1.54, 1.807) is 0 Å². The Hall–Kier alpha value is -3.08. The van der Waals surface area contributed by atoms with E-state index in [1.807, 2.05) is 18.2 Å². The van der Waals surface area contributed by atoms with Crippen molar-refractivity contribution < 1.29 is 14.3 Å². The Morgan fingerprint density at radius 1 is 0.967 bits per heavy atom. The highest BCUT2D eigenvalue weighted by molar-refractivity contribution is 6.09. The van der Waals surface area contributed by atoms with Crippen molar-refractivity contribution in [3.8, 4) is 0 Å². The van der Waals surface area contributed by atoms with E-state index in [0.29, 0.717) is 0 Å². The van der Waals surface area contributed by atoms with Crippen LogP contribution in [-0.2, 0) is 22.4 Å². The lowest BCUT2D eigenvalue weighted by atomic mass is 9.86. The van der Waals surface area contributed by atoms with E-state index in [0.717, 1.165) is 60.9 Å². The number of carbonyl (C=O) groups is 2. The average Bonchev–Trinajstić information content (AvgIpc) is 3.15. The molecule has 0 heterocycles. The lowest BCUT2D eigenvalue weighted by Gasteiger charge is -2.20. The summed E-state index contributed by atoms with van der Waals surface area (Å²) < 4.78 is 4.70. The molecular weight excluding hydrogens is 376 g/mol. The summed E-state index contributed by atoms with van der Waals surface area (Å²) in [5.74, 6) is -0.00698. The summed E-state index contributed by atoms with van der Waals surface area (Å²) in [5.41, 5.74) is 7.60. The second kappa shape index (κ2) is 8.74. The molecule has 1 atom stereocenters. The highest BCUT2D eigenvalue weighted by Gasteiger charge is 2.24. The number of fused-ring (bicyclic) bond motifs is 1. The molecule has 2 aromatic rings. The van der Waals surface area contributed by atoms with Crippen LogP contribution in [-0.4, -0.2) is 25.2 Å². The number of benzene rings is 2. The van der Waals surface area contributed by atoms with Gasteiger partial charge >= 0.3 is 6.09 Å². The normalized spacial score (nSPS) is 18.0. The average molecular weight is 405 g/mol. The summed E-state index contributed by atoms with van der Waals surface area (Å²) in [6, 6.07) is 14.5. The number of methoxy groups -OCH3 is 1. The smallest absolute Gasteiger partial charge is 0.407 e. The Bertz CT molecular complexity index is 992. The molecule has 2 aliphatic carbocycles. The van der Waals surface area contributed by atoms with Crippen molar-refractivity contribution in [1.29, 1.82) is 0 Å². The molecular formula is C25H28N2O3. The predicted octanol–water partition coefficient (Wildman–Crippen LogP) is 4.78. The summed E-state index contributed by atoms with van der Waals surface area (Å²) in [6.07, 6.45) is 5.03. The zero-order valence-electron chi connectivity index (χ0n) is 17.6. The van der Waals surface area contributed by atoms with Gasteiger partial charge in [-0.25, -0.2) is 4.79 Å². The number of nitrogens with one attached hydrogen (secondary N) is 2. The van der Waals surface area contributed by atoms with Crippen molar-refractivity contribution in [2.75, 3.05) is 12.4 Å². The highest BCUT2D eigenvalue weighted by Crippen LogP contribution is 2.33. The number of amides is 2. The molecule has 4 rings (SSSR count). The minimum absolute atomic E-state index is 0.00698. The van der Waals surface area contributed by atoms with E-state index in [9.17, 15) is 9.59 Å². The number of carbonyl (C=O) groups excluding carboxylic acids is 2. The number of ether oxygens (including phenoxy) is 1. The van der Waals surface area contributed by atoms with E-state index in [4.69, 9.17) is 4.74 Å². The molecule has 2 N–H and O–H groups in total. The van der Waals surface area contributed by atoms with E-state index >= 15 is 0 Å². The highest BCUT2D eigenvalue weighted by atomic mass is 16.5. The maximum atomic E-state index is 13.1. The van der Waals surface area contributed by atoms with E-state index in [-0.39, 0.29) is 11.9 Å². The number of hydrogen-bond donors (Lipinski definition) is 2. The Balaban J connectivity index is 1.51. The lowest BCUT2D eigenvalue weighted by Crippen LogP contribution is -2.35. The SMILES string of the molecule is COC(=O)NC1Cc2ccc(NC(=O)C3=C(c4ccc(C)cc4)CCCC3)cc2C1. The van der Waals surface area contributed by atoms with Gasteiger partial charge in [0.05, 0.1) is 7.11 Å². The van der Waals surface area contributed by atoms with Crippen LogP contribution in [0.4, 0.5) is 10.5 Å². The van der Waals surface area contributed by atoms with Crippen LogP contribution in [0.3, 0.4) is 0 Å². The fraction of sp³-hybridized carbons (Fsp3) is 0.360. The third-order valence-corrected chi connectivity index (χ3v) is 6.05. The first-order valence-electron chi connectivity index (χ1n) is 10.6. The molecule has 1 unspecified atom stereocenters. The Kier molecular flexibility index (Phi) is 5.88. The fourth-order valence-corrected chi connectivity index (χ4v) is 4.46. The van der Waals surface area contributed by atoms with Crippen LogP contribution in [0.15, 0.2) is 48.0 Å². The minimum atomic E-state index is -0.408. The number of hydrogen-bond acceptors (Lipinski definition) is 3. The molecule has 156 valence electrons. The van der Waals surface area contributed by atoms with Gasteiger partial charge in [-0.15, -0.1) is 0 Å². The van der Waals surface area contributed by atoms with E-state index in [2.05, 4.69) is 41.8 Å². The number of anilines is 1. The topological polar surface area (TPSA) is 67.4 Å². The molecule has 0 radical (unpaired) electrons. The van der Waals surface area contributed by atoms with Gasteiger partial charge in [-0.05, 0) is 79.8 Å². The zero-order valence-corrected chi connectivity index (χ0v) is 17.6. The summed E-state index contributed by atoms with van der Waals surface area (Å²) in [5, 5.41) is 5.97. The molecule has 0 saturated carbocycles. The molecule has 2 aliphatic rings. The third-order valence-electron chi connectivity index (χ3n) is 6.05. The lowest BCUT2D eigenvalue weighted by molar-refractivity contribution is -0.113. The second-order valence-electron chi connectivity index (χ2n) is 8.21. The van der Waals surface area contributed by atoms with Gasteiger partial charge < -0.3 is 15.4 Å². The molecule has 0 aliphatic heterocycles. The van der Waals surface area contributed by atoms with Crippen molar-refractivity contribution in [2.24, 2.45) is 0 Å². The second-order valence-corrected chi connectivity index (χ2v) is 8.21. The van der Waals surface area contributed by atoms with Crippen molar-refractivity contribution in [3.05, 3.63) is 70.3 Å². The molecule has 0 fully saturated rings. The Morgan fingerprint density at radius 3 is 2.47 bits per heavy atom. The van der Waals surface area contributed by atoms with Crippen molar-refractivity contribution in [2.45, 2.75) is 51.5 Å². The fourth-order valence-electron chi connectivity index (χ4n) is 4.46. The van der Waals surface area contributed by atoms with Gasteiger partial charge in [0.2, 0.25) is 0 Å². The third kappa shape index (κ3) is 4.40. The molecule has 2 aromatic carbocycles. The van der Waals surface area contributed by atoms with Gasteiger partial charge in [0.15, 0.2) is 0 Å². The number of rotatable bonds is 4. The molecule has 0 spiro atoms. The first-order valence-corrected chi connectivity index (χ1v) is 10.6. The quantitative estimate of drug-likeness (QED) is 0.770. The van der Waals surface area contributed by atoms with Crippen LogP contribution in [0.1, 0.15) is 47.9 Å². The predicted molar refractivity (Wildman–Crippen MR) is 118 cm³/mol. The van der Waals surface area contributed by atoms with E-state index in [1.165, 1.54) is 23.8 Å². The maximum Gasteiger partial charge on any atom is 0.407 e. The van der Waals surface area contributed by atoms with Gasteiger partial charge in [0, 0.05) is 17.3 Å². The Morgan fingerprint density at radius 2 is 1.70 bits per heavy atom. The molecule has 5 nitrogen and oxygen atoms in total. The van der Waals surface area contributed by atoms with Crippen LogP contribution < -0.4 is 10.6 Å². The van der Waals surface area contributed by atoms with Crippen LogP contribution in [0.2, 0.25) is 0 Å². The molecule has 0 saturated heterocycles. The summed E-state index contributed by atoms with van der Waals surface area (Å²) in [7, 11) is 1.37. The minimum Gasteiger partial charge on any atom is -0.453 e. The number of aryl methyl sites for hydroxylation is 1. The van der Waals surface area contributed by atoms with Crippen molar-refractivity contribution in [3.63, 3.8) is 0 Å². The van der Waals surface area contributed by atoms with Gasteiger partial charge in [-0.2, -0.15) is 0 Å². The summed E-state index contributed by atoms with van der Waals surface area (Å²) in [4.78, 5) is 24.6. The first kappa shape index (κ1) is 20.2. The zero-order chi connectivity index (χ0) is 21.1. The van der Waals surface area contributed by atoms with Gasteiger partial charge in [-0.1, -0.05) is 35.9 Å². The summed E-state index contributed by atoms with van der Waals surface area (Å²) >= 11 is 0. The molecule has 30 heavy (non-hydrogen) atoms. The first-order chi connectivity index (χ1) is 14.5. The van der Waals surface area contributed by atoms with E-state index < -0.39 is 6.09 Å². The van der Waals surface area contributed by atoms with Gasteiger partial charge in [0.1, 0.15) is 0 Å². The Labute approximate surface area is 177 Å². The van der Waals surface area contributed by atoms with Crippen molar-refractivity contribution >= 4 is 23.3 Å². The van der Waals surface area contributed by atoms with Crippen LogP contribution in [0.25, 0.3) is 5.57 Å². The molecule has 0 aromatic heterocycles. The monoisotopic (exact) mass is 404 g/mol. The van der Waals surface area contributed by atoms with Crippen LogP contribution in [0, 0.1) is 6.92 Å².